The Bertz CT molecular complexity index is 1170. The maximum atomic E-state index is 13.0. The van der Waals surface area contributed by atoms with Gasteiger partial charge < -0.3 is 5.32 Å². The van der Waals surface area contributed by atoms with Crippen molar-refractivity contribution in [2.45, 2.75) is 13.5 Å². The zero-order chi connectivity index (χ0) is 18.8. The molecule has 0 saturated carbocycles. The second-order valence-electron chi connectivity index (χ2n) is 5.91. The first-order chi connectivity index (χ1) is 13.1. The molecule has 0 saturated heterocycles. The van der Waals surface area contributed by atoms with Crippen molar-refractivity contribution in [3.8, 4) is 0 Å². The van der Waals surface area contributed by atoms with Crippen molar-refractivity contribution in [2.24, 2.45) is 0 Å². The summed E-state index contributed by atoms with van der Waals surface area (Å²) in [5.41, 5.74) is 1.41. The monoisotopic (exact) mass is 377 g/mol. The maximum Gasteiger partial charge on any atom is 0.263 e. The molecule has 0 spiro atoms. The second kappa shape index (κ2) is 7.08. The number of amides is 1. The van der Waals surface area contributed by atoms with Crippen LogP contribution in [0.25, 0.3) is 10.2 Å². The smallest absolute Gasteiger partial charge is 0.263 e. The Kier molecular flexibility index (Phi) is 4.47. The van der Waals surface area contributed by atoms with Crippen LogP contribution in [0.2, 0.25) is 0 Å². The summed E-state index contributed by atoms with van der Waals surface area (Å²) in [5.74, 6) is -0.346. The summed E-state index contributed by atoms with van der Waals surface area (Å²) < 4.78 is 1.47. The van der Waals surface area contributed by atoms with Gasteiger partial charge in [-0.05, 0) is 31.2 Å². The van der Waals surface area contributed by atoms with E-state index in [0.717, 1.165) is 10.6 Å². The highest BCUT2D eigenvalue weighted by atomic mass is 32.1. The van der Waals surface area contributed by atoms with Gasteiger partial charge in [0, 0.05) is 17.3 Å². The number of thiophene rings is 1. The van der Waals surface area contributed by atoms with Gasteiger partial charge in [-0.3, -0.25) is 24.1 Å². The predicted octanol–water partition coefficient (Wildman–Crippen LogP) is 2.86. The van der Waals surface area contributed by atoms with E-state index in [0.29, 0.717) is 28.0 Å². The van der Waals surface area contributed by atoms with E-state index in [1.165, 1.54) is 22.2 Å². The fourth-order valence-electron chi connectivity index (χ4n) is 2.82. The van der Waals surface area contributed by atoms with E-state index in [1.807, 2.05) is 25.1 Å². The Morgan fingerprint density at radius 3 is 2.81 bits per heavy atom. The number of carbonyl (C=O) groups is 1. The minimum Gasteiger partial charge on any atom is -0.321 e. The van der Waals surface area contributed by atoms with Gasteiger partial charge in [-0.15, -0.1) is 11.3 Å². The third kappa shape index (κ3) is 3.34. The number of hydrogen-bond donors (Lipinski definition) is 1. The van der Waals surface area contributed by atoms with E-state index in [9.17, 15) is 9.59 Å². The summed E-state index contributed by atoms with van der Waals surface area (Å²) in [5, 5.41) is 3.12. The van der Waals surface area contributed by atoms with Crippen molar-refractivity contribution in [1.29, 1.82) is 0 Å². The highest BCUT2D eigenvalue weighted by molar-refractivity contribution is 7.19. The van der Waals surface area contributed by atoms with E-state index >= 15 is 0 Å². The maximum absolute atomic E-state index is 13.0. The van der Waals surface area contributed by atoms with Crippen LogP contribution in [0, 0.1) is 6.92 Å². The number of aromatic nitrogens is 4. The SMILES string of the molecule is Cc1sc2ncn(Cc3ccccn3)c(=O)c2c1C(=O)Nc1cccnc1. The van der Waals surface area contributed by atoms with Crippen LogP contribution in [0.4, 0.5) is 5.69 Å². The van der Waals surface area contributed by atoms with Crippen LogP contribution in [0.5, 0.6) is 0 Å². The van der Waals surface area contributed by atoms with E-state index in [4.69, 9.17) is 0 Å². The molecule has 4 heterocycles. The molecule has 0 aliphatic rings. The lowest BCUT2D eigenvalue weighted by Crippen LogP contribution is -2.23. The highest BCUT2D eigenvalue weighted by Gasteiger charge is 2.21. The van der Waals surface area contributed by atoms with E-state index in [2.05, 4.69) is 20.3 Å². The third-order valence-corrected chi connectivity index (χ3v) is 5.07. The van der Waals surface area contributed by atoms with E-state index in [-0.39, 0.29) is 11.5 Å². The van der Waals surface area contributed by atoms with Crippen LogP contribution in [0.15, 0.2) is 60.0 Å². The summed E-state index contributed by atoms with van der Waals surface area (Å²) in [6.45, 7) is 2.11. The van der Waals surface area contributed by atoms with Crippen LogP contribution in [-0.4, -0.2) is 25.4 Å². The van der Waals surface area contributed by atoms with Gasteiger partial charge in [-0.1, -0.05) is 6.07 Å². The molecule has 0 unspecified atom stereocenters. The van der Waals surface area contributed by atoms with Gasteiger partial charge in [-0.25, -0.2) is 4.98 Å². The lowest BCUT2D eigenvalue weighted by Gasteiger charge is -2.07. The number of anilines is 1. The molecule has 134 valence electrons. The van der Waals surface area contributed by atoms with Crippen LogP contribution >= 0.6 is 11.3 Å². The molecule has 0 radical (unpaired) electrons. The molecule has 0 fully saturated rings. The molecule has 4 aromatic heterocycles. The Balaban J connectivity index is 1.76. The predicted molar refractivity (Wildman–Crippen MR) is 104 cm³/mol. The van der Waals surface area contributed by atoms with Crippen LogP contribution in [0.1, 0.15) is 20.9 Å². The zero-order valence-corrected chi connectivity index (χ0v) is 15.2. The molecule has 8 heteroatoms. The first-order valence-corrected chi connectivity index (χ1v) is 9.05. The van der Waals surface area contributed by atoms with Gasteiger partial charge in [-0.2, -0.15) is 0 Å². The molecule has 0 bridgehead atoms. The fraction of sp³-hybridized carbons (Fsp3) is 0.105. The Labute approximate surface area is 158 Å². The van der Waals surface area contributed by atoms with Gasteiger partial charge in [0.2, 0.25) is 0 Å². The lowest BCUT2D eigenvalue weighted by atomic mass is 10.1. The molecule has 0 aromatic carbocycles. The number of nitrogens with one attached hydrogen (secondary N) is 1. The van der Waals surface area contributed by atoms with Gasteiger partial charge in [0.05, 0.1) is 41.4 Å². The van der Waals surface area contributed by atoms with Gasteiger partial charge in [0.15, 0.2) is 0 Å². The Morgan fingerprint density at radius 2 is 2.07 bits per heavy atom. The normalized spacial score (nSPS) is 10.9. The van der Waals surface area contributed by atoms with Crippen LogP contribution < -0.4 is 10.9 Å². The Morgan fingerprint density at radius 1 is 1.19 bits per heavy atom. The largest absolute Gasteiger partial charge is 0.321 e. The first kappa shape index (κ1) is 17.0. The molecular weight excluding hydrogens is 362 g/mol. The summed E-state index contributed by atoms with van der Waals surface area (Å²) in [6, 6.07) is 8.99. The van der Waals surface area contributed by atoms with Crippen molar-refractivity contribution in [1.82, 2.24) is 19.5 Å². The van der Waals surface area contributed by atoms with Crippen LogP contribution in [0.3, 0.4) is 0 Å². The molecule has 0 aliphatic heterocycles. The van der Waals surface area contributed by atoms with Crippen molar-refractivity contribution in [3.63, 3.8) is 0 Å². The Hall–Kier alpha value is -3.39. The number of rotatable bonds is 4. The van der Waals surface area contributed by atoms with Gasteiger partial charge in [0.25, 0.3) is 11.5 Å². The van der Waals surface area contributed by atoms with Crippen molar-refractivity contribution in [2.75, 3.05) is 5.32 Å². The summed E-state index contributed by atoms with van der Waals surface area (Å²) in [7, 11) is 0. The van der Waals surface area contributed by atoms with E-state index in [1.54, 1.807) is 30.7 Å². The number of carbonyl (C=O) groups excluding carboxylic acids is 1. The molecule has 4 rings (SSSR count). The topological polar surface area (TPSA) is 89.8 Å². The lowest BCUT2D eigenvalue weighted by molar-refractivity contribution is 0.102. The molecule has 1 N–H and O–H groups in total. The highest BCUT2D eigenvalue weighted by Crippen LogP contribution is 2.27. The van der Waals surface area contributed by atoms with Gasteiger partial charge >= 0.3 is 0 Å². The quantitative estimate of drug-likeness (QED) is 0.591. The first-order valence-electron chi connectivity index (χ1n) is 8.23. The summed E-state index contributed by atoms with van der Waals surface area (Å²) in [4.78, 5) is 39.7. The summed E-state index contributed by atoms with van der Waals surface area (Å²) in [6.07, 6.45) is 6.35. The molecule has 1 amide bonds. The zero-order valence-electron chi connectivity index (χ0n) is 14.4. The minimum atomic E-state index is -0.346. The van der Waals surface area contributed by atoms with E-state index < -0.39 is 0 Å². The number of fused-ring (bicyclic) bond motifs is 1. The van der Waals surface area contributed by atoms with Crippen molar-refractivity contribution >= 4 is 33.1 Å². The molecule has 7 nitrogen and oxygen atoms in total. The fourth-order valence-corrected chi connectivity index (χ4v) is 3.80. The van der Waals surface area contributed by atoms with Crippen molar-refractivity contribution < 1.29 is 4.79 Å². The summed E-state index contributed by atoms with van der Waals surface area (Å²) >= 11 is 1.33. The standard InChI is InChI=1S/C19H15N5O2S/c1-12-15(17(25)23-13-6-4-7-20-9-13)16-18(27-12)22-11-24(19(16)26)10-14-5-2-3-8-21-14/h2-9,11H,10H2,1H3,(H,23,25). The molecular formula is C19H15N5O2S. The molecule has 27 heavy (non-hydrogen) atoms. The average Bonchev–Trinajstić information content (AvgIpc) is 3.02. The molecule has 4 aromatic rings. The minimum absolute atomic E-state index is 0.258. The van der Waals surface area contributed by atoms with Gasteiger partial charge in [0.1, 0.15) is 4.83 Å². The number of nitrogens with zero attached hydrogens (tertiary/aromatic N) is 4. The second-order valence-corrected chi connectivity index (χ2v) is 7.11. The van der Waals surface area contributed by atoms with Crippen LogP contribution in [-0.2, 0) is 6.54 Å². The third-order valence-electron chi connectivity index (χ3n) is 4.06. The number of hydrogen-bond acceptors (Lipinski definition) is 6. The number of pyridine rings is 2. The van der Waals surface area contributed by atoms with Crippen molar-refractivity contribution in [3.05, 3.63) is 81.7 Å². The average molecular weight is 377 g/mol. The molecule has 0 atom stereocenters. The number of aryl methyl sites for hydroxylation is 1. The molecule has 0 aliphatic carbocycles.